The second kappa shape index (κ2) is 5.30. The van der Waals surface area contributed by atoms with E-state index in [1.54, 1.807) is 39.1 Å². The van der Waals surface area contributed by atoms with Crippen LogP contribution in [0.3, 0.4) is 0 Å². The zero-order chi connectivity index (χ0) is 14.8. The van der Waals surface area contributed by atoms with Crippen LogP contribution in [0, 0.1) is 5.41 Å². The van der Waals surface area contributed by atoms with Gasteiger partial charge in [-0.2, -0.15) is 0 Å². The summed E-state index contributed by atoms with van der Waals surface area (Å²) >= 11 is 1.22. The van der Waals surface area contributed by atoms with Crippen LogP contribution in [0.25, 0.3) is 0 Å². The molecule has 1 rings (SSSR count). The maximum atomic E-state index is 12.3. The van der Waals surface area contributed by atoms with Gasteiger partial charge >= 0.3 is 5.97 Å². The summed E-state index contributed by atoms with van der Waals surface area (Å²) in [5.74, 6) is -0.696. The Bertz CT molecular complexity index is 486. The first-order valence-corrected chi connectivity index (χ1v) is 6.75. The number of nitrogens with one attached hydrogen (secondary N) is 1. The van der Waals surface area contributed by atoms with E-state index in [2.05, 4.69) is 10.1 Å². The number of nitrogens with two attached hydrogens (primary N) is 1. The van der Waals surface area contributed by atoms with Gasteiger partial charge in [-0.1, -0.05) is 0 Å². The van der Waals surface area contributed by atoms with Crippen LogP contribution in [0.15, 0.2) is 11.4 Å². The molecule has 3 N–H and O–H groups in total. The molecule has 1 heterocycles. The van der Waals surface area contributed by atoms with Gasteiger partial charge < -0.3 is 15.8 Å². The quantitative estimate of drug-likeness (QED) is 0.831. The molecule has 6 heteroatoms. The van der Waals surface area contributed by atoms with E-state index in [1.807, 2.05) is 0 Å². The van der Waals surface area contributed by atoms with Gasteiger partial charge in [0.05, 0.1) is 18.2 Å². The van der Waals surface area contributed by atoms with Crippen LogP contribution in [0.5, 0.6) is 0 Å². The number of esters is 1. The zero-order valence-corrected chi connectivity index (χ0v) is 12.7. The van der Waals surface area contributed by atoms with Gasteiger partial charge in [-0.05, 0) is 39.1 Å². The number of carbonyl (C=O) groups is 2. The van der Waals surface area contributed by atoms with Gasteiger partial charge in [0.2, 0.25) is 5.91 Å². The third kappa shape index (κ3) is 3.13. The van der Waals surface area contributed by atoms with Gasteiger partial charge in [-0.3, -0.25) is 4.79 Å². The predicted octanol–water partition coefficient (Wildman–Crippen LogP) is 2.24. The molecule has 0 aliphatic rings. The molecule has 0 fully saturated rings. The van der Waals surface area contributed by atoms with E-state index >= 15 is 0 Å². The minimum atomic E-state index is -0.775. The summed E-state index contributed by atoms with van der Waals surface area (Å²) in [6.07, 6.45) is 0. The standard InChI is InChI=1S/C13H20N2O3S/c1-12(2,13(3,4)14)11(17)15-8-6-7-19-9(8)10(16)18-5/h6-7H,14H2,1-5H3,(H,15,17). The van der Waals surface area contributed by atoms with E-state index in [9.17, 15) is 9.59 Å². The zero-order valence-electron chi connectivity index (χ0n) is 11.9. The van der Waals surface area contributed by atoms with Crippen molar-refractivity contribution in [3.05, 3.63) is 16.3 Å². The first-order chi connectivity index (χ1) is 8.61. The Hall–Kier alpha value is -1.40. The van der Waals surface area contributed by atoms with Crippen molar-refractivity contribution in [2.75, 3.05) is 12.4 Å². The Morgan fingerprint density at radius 1 is 1.32 bits per heavy atom. The number of ether oxygens (including phenoxy) is 1. The molecule has 0 aliphatic carbocycles. The fourth-order valence-electron chi connectivity index (χ4n) is 1.23. The van der Waals surface area contributed by atoms with E-state index in [4.69, 9.17) is 5.73 Å². The lowest BCUT2D eigenvalue weighted by molar-refractivity contribution is -0.126. The third-order valence-electron chi connectivity index (χ3n) is 3.46. The summed E-state index contributed by atoms with van der Waals surface area (Å²) in [4.78, 5) is 24.2. The molecule has 0 unspecified atom stereocenters. The minimum absolute atomic E-state index is 0.233. The fourth-order valence-corrected chi connectivity index (χ4v) is 2.00. The van der Waals surface area contributed by atoms with Crippen LogP contribution in [0.2, 0.25) is 0 Å². The highest BCUT2D eigenvalue weighted by Gasteiger charge is 2.40. The Morgan fingerprint density at radius 3 is 2.37 bits per heavy atom. The number of carbonyl (C=O) groups excluding carboxylic acids is 2. The van der Waals surface area contributed by atoms with Crippen LogP contribution in [-0.4, -0.2) is 24.5 Å². The van der Waals surface area contributed by atoms with Crippen LogP contribution in [0.4, 0.5) is 5.69 Å². The molecule has 0 saturated heterocycles. The number of anilines is 1. The average Bonchev–Trinajstić information content (AvgIpc) is 2.74. The van der Waals surface area contributed by atoms with Crippen molar-refractivity contribution in [3.8, 4) is 0 Å². The summed E-state index contributed by atoms with van der Waals surface area (Å²) in [5, 5.41) is 4.47. The van der Waals surface area contributed by atoms with E-state index in [1.165, 1.54) is 18.4 Å². The average molecular weight is 284 g/mol. The largest absolute Gasteiger partial charge is 0.465 e. The summed E-state index contributed by atoms with van der Waals surface area (Å²) in [6.45, 7) is 7.13. The lowest BCUT2D eigenvalue weighted by Crippen LogP contribution is -2.53. The second-order valence-electron chi connectivity index (χ2n) is 5.46. The number of hydrogen-bond acceptors (Lipinski definition) is 5. The number of hydrogen-bond donors (Lipinski definition) is 2. The van der Waals surface area contributed by atoms with Gasteiger partial charge in [0.25, 0.3) is 0 Å². The van der Waals surface area contributed by atoms with Gasteiger partial charge in [0.1, 0.15) is 4.88 Å². The highest BCUT2D eigenvalue weighted by atomic mass is 32.1. The van der Waals surface area contributed by atoms with Gasteiger partial charge in [-0.15, -0.1) is 11.3 Å². The second-order valence-corrected chi connectivity index (χ2v) is 6.37. The van der Waals surface area contributed by atoms with Crippen molar-refractivity contribution < 1.29 is 14.3 Å². The molecule has 0 radical (unpaired) electrons. The van der Waals surface area contributed by atoms with Gasteiger partial charge in [-0.25, -0.2) is 4.79 Å². The molecule has 5 nitrogen and oxygen atoms in total. The molecule has 0 aromatic carbocycles. The van der Waals surface area contributed by atoms with Crippen LogP contribution in [-0.2, 0) is 9.53 Å². The summed E-state index contributed by atoms with van der Waals surface area (Å²) < 4.78 is 4.67. The summed E-state index contributed by atoms with van der Waals surface area (Å²) in [6, 6.07) is 1.68. The topological polar surface area (TPSA) is 81.4 Å². The number of methoxy groups -OCH3 is 1. The Kier molecular flexibility index (Phi) is 4.37. The number of amides is 1. The van der Waals surface area contributed by atoms with Crippen LogP contribution in [0.1, 0.15) is 37.4 Å². The third-order valence-corrected chi connectivity index (χ3v) is 4.36. The van der Waals surface area contributed by atoms with Gasteiger partial charge in [0.15, 0.2) is 0 Å². The maximum Gasteiger partial charge on any atom is 0.350 e. The Balaban J connectivity index is 2.96. The molecule has 1 aromatic rings. The van der Waals surface area contributed by atoms with Crippen molar-refractivity contribution >= 4 is 28.9 Å². The van der Waals surface area contributed by atoms with Crippen molar-refractivity contribution in [1.29, 1.82) is 0 Å². The lowest BCUT2D eigenvalue weighted by Gasteiger charge is -2.36. The highest BCUT2D eigenvalue weighted by Crippen LogP contribution is 2.31. The van der Waals surface area contributed by atoms with Crippen LogP contribution < -0.4 is 11.1 Å². The van der Waals surface area contributed by atoms with E-state index < -0.39 is 16.9 Å². The van der Waals surface area contributed by atoms with Crippen molar-refractivity contribution in [3.63, 3.8) is 0 Å². The molecule has 1 aromatic heterocycles. The Morgan fingerprint density at radius 2 is 1.89 bits per heavy atom. The normalized spacial score (nSPS) is 12.1. The fraction of sp³-hybridized carbons (Fsp3) is 0.538. The monoisotopic (exact) mass is 284 g/mol. The van der Waals surface area contributed by atoms with E-state index in [-0.39, 0.29) is 5.91 Å². The number of thiophene rings is 1. The van der Waals surface area contributed by atoms with E-state index in [0.29, 0.717) is 10.6 Å². The first-order valence-electron chi connectivity index (χ1n) is 5.87. The molecule has 0 aliphatic heterocycles. The summed E-state index contributed by atoms with van der Waals surface area (Å²) in [5.41, 5.74) is 5.02. The maximum absolute atomic E-state index is 12.3. The first kappa shape index (κ1) is 15.7. The molecule has 0 bridgehead atoms. The molecule has 0 atom stereocenters. The SMILES string of the molecule is COC(=O)c1sccc1NC(=O)C(C)(C)C(C)(C)N. The minimum Gasteiger partial charge on any atom is -0.465 e. The molecule has 1 amide bonds. The molecule has 0 saturated carbocycles. The molecular formula is C13H20N2O3S. The van der Waals surface area contributed by atoms with Gasteiger partial charge in [0, 0.05) is 5.54 Å². The predicted molar refractivity (Wildman–Crippen MR) is 76.3 cm³/mol. The van der Waals surface area contributed by atoms with Crippen molar-refractivity contribution in [2.24, 2.45) is 11.1 Å². The van der Waals surface area contributed by atoms with Crippen molar-refractivity contribution in [1.82, 2.24) is 0 Å². The van der Waals surface area contributed by atoms with E-state index in [0.717, 1.165) is 0 Å². The number of rotatable bonds is 4. The molecule has 106 valence electrons. The lowest BCUT2D eigenvalue weighted by atomic mass is 9.74. The smallest absolute Gasteiger partial charge is 0.350 e. The molecular weight excluding hydrogens is 264 g/mol. The highest BCUT2D eigenvalue weighted by molar-refractivity contribution is 7.12. The Labute approximate surface area is 117 Å². The van der Waals surface area contributed by atoms with Crippen molar-refractivity contribution in [2.45, 2.75) is 33.2 Å². The summed E-state index contributed by atoms with van der Waals surface area (Å²) in [7, 11) is 1.31. The molecule has 19 heavy (non-hydrogen) atoms. The van der Waals surface area contributed by atoms with Crippen LogP contribution >= 0.6 is 11.3 Å². The molecule has 0 spiro atoms.